The molecule has 1 aromatic carbocycles. The Hall–Kier alpha value is -1.62. The maximum absolute atomic E-state index is 10.7. The molecule has 5 nitrogen and oxygen atoms in total. The van der Waals surface area contributed by atoms with Crippen molar-refractivity contribution in [2.24, 2.45) is 0 Å². The molecule has 0 aliphatic carbocycles. The van der Waals surface area contributed by atoms with Crippen molar-refractivity contribution in [3.05, 3.63) is 33.9 Å². The summed E-state index contributed by atoms with van der Waals surface area (Å²) in [6.07, 6.45) is 4.58. The van der Waals surface area contributed by atoms with Crippen molar-refractivity contribution in [1.29, 1.82) is 0 Å². The average molecular weight is 264 g/mol. The van der Waals surface area contributed by atoms with Crippen molar-refractivity contribution in [2.75, 3.05) is 26.7 Å². The second kappa shape index (κ2) is 6.52. The summed E-state index contributed by atoms with van der Waals surface area (Å²) in [6.45, 7) is 3.51. The molecule has 0 atom stereocenters. The van der Waals surface area contributed by atoms with Gasteiger partial charge in [0.05, 0.1) is 18.1 Å². The van der Waals surface area contributed by atoms with E-state index in [0.717, 1.165) is 24.9 Å². The van der Waals surface area contributed by atoms with E-state index in [1.165, 1.54) is 32.0 Å². The van der Waals surface area contributed by atoms with Gasteiger partial charge in [0.25, 0.3) is 5.69 Å². The number of methoxy groups -OCH3 is 1. The van der Waals surface area contributed by atoms with Crippen LogP contribution in [0.1, 0.15) is 24.8 Å². The fourth-order valence-electron chi connectivity index (χ4n) is 2.55. The highest BCUT2D eigenvalue weighted by Gasteiger charge is 2.13. The molecule has 0 radical (unpaired) electrons. The van der Waals surface area contributed by atoms with E-state index in [0.29, 0.717) is 5.75 Å². The number of hydrogen-bond donors (Lipinski definition) is 0. The Morgan fingerprint density at radius 1 is 1.37 bits per heavy atom. The van der Waals surface area contributed by atoms with Crippen LogP contribution in [0.5, 0.6) is 5.75 Å². The zero-order valence-corrected chi connectivity index (χ0v) is 11.3. The topological polar surface area (TPSA) is 55.6 Å². The number of benzene rings is 1. The molecule has 19 heavy (non-hydrogen) atoms. The number of nitrogens with zero attached hydrogens (tertiary/aromatic N) is 2. The Morgan fingerprint density at radius 2 is 2.11 bits per heavy atom. The van der Waals surface area contributed by atoms with E-state index < -0.39 is 4.92 Å². The van der Waals surface area contributed by atoms with Gasteiger partial charge < -0.3 is 9.64 Å². The minimum atomic E-state index is -0.392. The van der Waals surface area contributed by atoms with Crippen LogP contribution in [0.2, 0.25) is 0 Å². The average Bonchev–Trinajstić information content (AvgIpc) is 2.92. The third kappa shape index (κ3) is 3.67. The van der Waals surface area contributed by atoms with Gasteiger partial charge in [0.2, 0.25) is 0 Å². The number of rotatable bonds is 6. The number of ether oxygens (including phenoxy) is 1. The molecule has 1 aliphatic heterocycles. The van der Waals surface area contributed by atoms with Crippen LogP contribution in [0, 0.1) is 10.1 Å². The summed E-state index contributed by atoms with van der Waals surface area (Å²) in [4.78, 5) is 12.8. The van der Waals surface area contributed by atoms with Gasteiger partial charge in [-0.15, -0.1) is 0 Å². The molecule has 0 unspecified atom stereocenters. The predicted octanol–water partition coefficient (Wildman–Crippen LogP) is 2.63. The van der Waals surface area contributed by atoms with Crippen molar-refractivity contribution >= 4 is 5.69 Å². The van der Waals surface area contributed by atoms with Crippen LogP contribution in [-0.4, -0.2) is 36.6 Å². The summed E-state index contributed by atoms with van der Waals surface area (Å²) in [5, 5.41) is 10.7. The van der Waals surface area contributed by atoms with Gasteiger partial charge in [-0.1, -0.05) is 0 Å². The molecule has 0 N–H and O–H groups in total. The summed E-state index contributed by atoms with van der Waals surface area (Å²) in [5.74, 6) is 0.621. The van der Waals surface area contributed by atoms with E-state index in [4.69, 9.17) is 4.74 Å². The standard InChI is InChI=1S/C14H20N2O3/c1-19-14-11-13(16(17)18)7-6-12(14)5-4-10-15-8-2-3-9-15/h6-7,11H,2-5,8-10H2,1H3. The molecule has 0 aromatic heterocycles. The third-order valence-electron chi connectivity index (χ3n) is 3.60. The zero-order chi connectivity index (χ0) is 13.7. The quantitative estimate of drug-likeness (QED) is 0.585. The van der Waals surface area contributed by atoms with E-state index in [9.17, 15) is 10.1 Å². The Bertz CT molecular complexity index is 442. The van der Waals surface area contributed by atoms with Crippen molar-refractivity contribution in [3.63, 3.8) is 0 Å². The molecule has 0 amide bonds. The van der Waals surface area contributed by atoms with Gasteiger partial charge >= 0.3 is 0 Å². The summed E-state index contributed by atoms with van der Waals surface area (Å²) >= 11 is 0. The van der Waals surface area contributed by atoms with Gasteiger partial charge in [0, 0.05) is 6.07 Å². The monoisotopic (exact) mass is 264 g/mol. The smallest absolute Gasteiger partial charge is 0.273 e. The molecule has 104 valence electrons. The first-order valence-corrected chi connectivity index (χ1v) is 6.74. The molecule has 1 aromatic rings. The summed E-state index contributed by atoms with van der Waals surface area (Å²) in [6, 6.07) is 4.86. The fraction of sp³-hybridized carbons (Fsp3) is 0.571. The molecule has 1 aliphatic rings. The molecule has 2 rings (SSSR count). The number of hydrogen-bond acceptors (Lipinski definition) is 4. The summed E-state index contributed by atoms with van der Waals surface area (Å²) < 4.78 is 5.24. The number of likely N-dealkylation sites (tertiary alicyclic amines) is 1. The van der Waals surface area contributed by atoms with E-state index in [1.54, 1.807) is 19.2 Å². The lowest BCUT2D eigenvalue weighted by atomic mass is 10.1. The van der Waals surface area contributed by atoms with Crippen LogP contribution in [0.15, 0.2) is 18.2 Å². The minimum absolute atomic E-state index is 0.0835. The maximum Gasteiger partial charge on any atom is 0.273 e. The van der Waals surface area contributed by atoms with Gasteiger partial charge in [0.15, 0.2) is 0 Å². The highest BCUT2D eigenvalue weighted by atomic mass is 16.6. The van der Waals surface area contributed by atoms with Crippen LogP contribution >= 0.6 is 0 Å². The molecule has 0 saturated carbocycles. The molecule has 1 heterocycles. The first-order valence-electron chi connectivity index (χ1n) is 6.74. The molecule has 0 bridgehead atoms. The van der Waals surface area contributed by atoms with Gasteiger partial charge in [0.1, 0.15) is 5.75 Å². The summed E-state index contributed by atoms with van der Waals surface area (Å²) in [7, 11) is 1.56. The number of non-ortho nitro benzene ring substituents is 1. The van der Waals surface area contributed by atoms with Gasteiger partial charge in [-0.3, -0.25) is 10.1 Å². The number of nitro benzene ring substituents is 1. The summed E-state index contributed by atoms with van der Waals surface area (Å²) in [5.41, 5.74) is 1.13. The van der Waals surface area contributed by atoms with E-state index in [2.05, 4.69) is 4.90 Å². The highest BCUT2D eigenvalue weighted by molar-refractivity contribution is 5.44. The first kappa shape index (κ1) is 13.8. The number of aryl methyl sites for hydroxylation is 1. The third-order valence-corrected chi connectivity index (χ3v) is 3.60. The van der Waals surface area contributed by atoms with Crippen LogP contribution < -0.4 is 4.74 Å². The number of nitro groups is 1. The minimum Gasteiger partial charge on any atom is -0.496 e. The van der Waals surface area contributed by atoms with Gasteiger partial charge in [-0.25, -0.2) is 0 Å². The molecule has 1 fully saturated rings. The Labute approximate surface area is 113 Å². The Balaban J connectivity index is 1.93. The lowest BCUT2D eigenvalue weighted by Gasteiger charge is -2.14. The highest BCUT2D eigenvalue weighted by Crippen LogP contribution is 2.25. The van der Waals surface area contributed by atoms with Gasteiger partial charge in [-0.05, 0) is 56.9 Å². The van der Waals surface area contributed by atoms with Crippen molar-refractivity contribution in [1.82, 2.24) is 4.90 Å². The van der Waals surface area contributed by atoms with E-state index in [1.807, 2.05) is 0 Å². The van der Waals surface area contributed by atoms with Crippen molar-refractivity contribution in [2.45, 2.75) is 25.7 Å². The van der Waals surface area contributed by atoms with Crippen molar-refractivity contribution < 1.29 is 9.66 Å². The second-order valence-electron chi connectivity index (χ2n) is 4.91. The maximum atomic E-state index is 10.7. The Morgan fingerprint density at radius 3 is 2.74 bits per heavy atom. The molecule has 5 heteroatoms. The molecular weight excluding hydrogens is 244 g/mol. The molecular formula is C14H20N2O3. The lowest BCUT2D eigenvalue weighted by Crippen LogP contribution is -2.20. The lowest BCUT2D eigenvalue weighted by molar-refractivity contribution is -0.384. The largest absolute Gasteiger partial charge is 0.496 e. The zero-order valence-electron chi connectivity index (χ0n) is 11.3. The first-order chi connectivity index (χ1) is 9.20. The van der Waals surface area contributed by atoms with Crippen molar-refractivity contribution in [3.8, 4) is 5.75 Å². The van der Waals surface area contributed by atoms with E-state index >= 15 is 0 Å². The van der Waals surface area contributed by atoms with Crippen LogP contribution in [-0.2, 0) is 6.42 Å². The van der Waals surface area contributed by atoms with Crippen LogP contribution in [0.4, 0.5) is 5.69 Å². The normalized spacial score (nSPS) is 15.6. The second-order valence-corrected chi connectivity index (χ2v) is 4.91. The SMILES string of the molecule is COc1cc([N+](=O)[O-])ccc1CCCN1CCCC1. The van der Waals surface area contributed by atoms with Crippen LogP contribution in [0.25, 0.3) is 0 Å². The predicted molar refractivity (Wildman–Crippen MR) is 73.6 cm³/mol. The fourth-order valence-corrected chi connectivity index (χ4v) is 2.55. The molecule has 0 spiro atoms. The van der Waals surface area contributed by atoms with Crippen LogP contribution in [0.3, 0.4) is 0 Å². The van der Waals surface area contributed by atoms with E-state index in [-0.39, 0.29) is 5.69 Å². The Kier molecular flexibility index (Phi) is 4.74. The van der Waals surface area contributed by atoms with Gasteiger partial charge in [-0.2, -0.15) is 0 Å². The molecule has 1 saturated heterocycles.